The highest BCUT2D eigenvalue weighted by Crippen LogP contribution is 2.35. The molecule has 0 aliphatic heterocycles. The molecule has 6 nitrogen and oxygen atoms in total. The molecule has 0 radical (unpaired) electrons. The third kappa shape index (κ3) is 2.84. The topological polar surface area (TPSA) is 92.3 Å². The van der Waals surface area contributed by atoms with Crippen LogP contribution in [0.25, 0.3) is 10.2 Å². The van der Waals surface area contributed by atoms with Gasteiger partial charge in [-0.3, -0.25) is 4.79 Å². The molecule has 0 saturated carbocycles. The molecule has 0 amide bonds. The summed E-state index contributed by atoms with van der Waals surface area (Å²) in [6, 6.07) is 0. The van der Waals surface area contributed by atoms with E-state index in [1.807, 2.05) is 0 Å². The van der Waals surface area contributed by atoms with Gasteiger partial charge in [-0.15, -0.1) is 11.3 Å². The Bertz CT molecular complexity index is 749. The van der Waals surface area contributed by atoms with Crippen molar-refractivity contribution in [1.29, 1.82) is 0 Å². The molecular weight excluding hydrogens is 292 g/mol. The largest absolute Gasteiger partial charge is 0.480 e. The van der Waals surface area contributed by atoms with Crippen molar-refractivity contribution in [2.24, 2.45) is 5.92 Å². The van der Waals surface area contributed by atoms with Gasteiger partial charge in [0.2, 0.25) is 0 Å². The summed E-state index contributed by atoms with van der Waals surface area (Å²) in [5.41, 5.74) is 0.987. The first kappa shape index (κ1) is 14.2. The number of aromatic nitrogens is 2. The van der Waals surface area contributed by atoms with E-state index in [0.29, 0.717) is 17.1 Å². The molecule has 2 N–H and O–H groups in total. The Hall–Kier alpha value is -1.73. The number of carboxylic acids is 1. The summed E-state index contributed by atoms with van der Waals surface area (Å²) in [5.74, 6) is -0.0255. The van der Waals surface area contributed by atoms with Crippen molar-refractivity contribution < 1.29 is 14.6 Å². The Morgan fingerprint density at radius 2 is 2.38 bits per heavy atom. The number of rotatable bonds is 4. The van der Waals surface area contributed by atoms with Crippen molar-refractivity contribution in [3.63, 3.8) is 0 Å². The van der Waals surface area contributed by atoms with Crippen LogP contribution in [0.5, 0.6) is 0 Å². The lowest BCUT2D eigenvalue weighted by Gasteiger charge is -2.17. The zero-order chi connectivity index (χ0) is 15.0. The summed E-state index contributed by atoms with van der Waals surface area (Å²) in [6.07, 6.45) is 3.03. The van der Waals surface area contributed by atoms with Gasteiger partial charge in [-0.05, 0) is 30.7 Å². The third-order valence-corrected chi connectivity index (χ3v) is 4.83. The molecule has 1 aliphatic carbocycles. The highest BCUT2D eigenvalue weighted by atomic mass is 32.1. The number of fused-ring (bicyclic) bond motifs is 3. The highest BCUT2D eigenvalue weighted by Gasteiger charge is 2.22. The monoisotopic (exact) mass is 308 g/mol. The summed E-state index contributed by atoms with van der Waals surface area (Å²) in [7, 11) is 0. The van der Waals surface area contributed by atoms with Crippen LogP contribution < -0.4 is 5.56 Å². The van der Waals surface area contributed by atoms with Crippen LogP contribution in [0, 0.1) is 5.92 Å². The number of hydrogen-bond acceptors (Lipinski definition) is 5. The van der Waals surface area contributed by atoms with Crippen LogP contribution in [0.4, 0.5) is 0 Å². The van der Waals surface area contributed by atoms with Crippen LogP contribution in [-0.4, -0.2) is 27.7 Å². The number of H-pyrrole nitrogens is 1. The van der Waals surface area contributed by atoms with E-state index < -0.39 is 12.6 Å². The van der Waals surface area contributed by atoms with Gasteiger partial charge in [-0.25, -0.2) is 9.78 Å². The third-order valence-electron chi connectivity index (χ3n) is 3.68. The number of aromatic amines is 1. The first-order chi connectivity index (χ1) is 10.0. The molecule has 0 bridgehead atoms. The fraction of sp³-hybridized carbons (Fsp3) is 0.500. The normalized spacial score (nSPS) is 17.9. The van der Waals surface area contributed by atoms with Gasteiger partial charge in [0.25, 0.3) is 5.56 Å². The number of hydrogen-bond donors (Lipinski definition) is 2. The molecule has 0 saturated heterocycles. The van der Waals surface area contributed by atoms with E-state index in [1.54, 1.807) is 11.3 Å². The Morgan fingerprint density at radius 1 is 1.57 bits per heavy atom. The summed E-state index contributed by atoms with van der Waals surface area (Å²) in [6.45, 7) is 1.81. The molecule has 0 aromatic carbocycles. The molecule has 2 aromatic heterocycles. The molecule has 2 heterocycles. The van der Waals surface area contributed by atoms with Gasteiger partial charge in [0.15, 0.2) is 0 Å². The predicted molar refractivity (Wildman–Crippen MR) is 78.7 cm³/mol. The van der Waals surface area contributed by atoms with Gasteiger partial charge in [-0.1, -0.05) is 6.92 Å². The number of aliphatic carboxylic acids is 1. The van der Waals surface area contributed by atoms with Gasteiger partial charge in [0.1, 0.15) is 23.9 Å². The molecular formula is C14H16N2O4S. The number of thiophene rings is 1. The standard InChI is InChI=1S/C14H16N2O4S/c1-7-2-3-8-9(4-7)21-14-12(8)13(19)15-10(16-14)5-20-6-11(17)18/h7H,2-6H2,1H3,(H,17,18)(H,15,16,19). The lowest BCUT2D eigenvalue weighted by Crippen LogP contribution is -2.16. The lowest BCUT2D eigenvalue weighted by atomic mass is 9.89. The SMILES string of the molecule is CC1CCc2c(sc3nc(COCC(=O)O)[nH]c(=O)c23)C1. The maximum Gasteiger partial charge on any atom is 0.329 e. The molecule has 21 heavy (non-hydrogen) atoms. The fourth-order valence-corrected chi connectivity index (χ4v) is 4.10. The number of ether oxygens (including phenoxy) is 1. The predicted octanol–water partition coefficient (Wildman–Crippen LogP) is 1.71. The van der Waals surface area contributed by atoms with E-state index in [2.05, 4.69) is 16.9 Å². The van der Waals surface area contributed by atoms with Gasteiger partial charge in [0.05, 0.1) is 5.39 Å². The van der Waals surface area contributed by atoms with E-state index in [4.69, 9.17) is 9.84 Å². The molecule has 3 rings (SSSR count). The molecule has 112 valence electrons. The number of carboxylic acid groups (broad SMARTS) is 1. The number of nitrogens with zero attached hydrogens (tertiary/aromatic N) is 1. The highest BCUT2D eigenvalue weighted by molar-refractivity contribution is 7.18. The number of aryl methyl sites for hydroxylation is 1. The van der Waals surface area contributed by atoms with Gasteiger partial charge in [-0.2, -0.15) is 0 Å². The zero-order valence-electron chi connectivity index (χ0n) is 11.6. The molecule has 1 aliphatic rings. The van der Waals surface area contributed by atoms with Crippen molar-refractivity contribution in [3.8, 4) is 0 Å². The first-order valence-corrected chi connectivity index (χ1v) is 7.69. The zero-order valence-corrected chi connectivity index (χ0v) is 12.5. The van der Waals surface area contributed by atoms with E-state index in [-0.39, 0.29) is 12.2 Å². The quantitative estimate of drug-likeness (QED) is 0.897. The van der Waals surface area contributed by atoms with E-state index in [0.717, 1.165) is 29.7 Å². The lowest BCUT2D eigenvalue weighted by molar-refractivity contribution is -0.142. The summed E-state index contributed by atoms with van der Waals surface area (Å²) in [5, 5.41) is 9.24. The summed E-state index contributed by atoms with van der Waals surface area (Å²) in [4.78, 5) is 31.8. The molecule has 0 fully saturated rings. The van der Waals surface area contributed by atoms with Crippen molar-refractivity contribution in [1.82, 2.24) is 9.97 Å². The van der Waals surface area contributed by atoms with Crippen molar-refractivity contribution in [2.75, 3.05) is 6.61 Å². The molecule has 1 atom stereocenters. The summed E-state index contributed by atoms with van der Waals surface area (Å²) >= 11 is 1.57. The van der Waals surface area contributed by atoms with Crippen LogP contribution >= 0.6 is 11.3 Å². The van der Waals surface area contributed by atoms with E-state index in [1.165, 1.54) is 4.88 Å². The van der Waals surface area contributed by atoms with Crippen molar-refractivity contribution >= 4 is 27.5 Å². The Morgan fingerprint density at radius 3 is 3.14 bits per heavy atom. The molecule has 2 aromatic rings. The van der Waals surface area contributed by atoms with Crippen LogP contribution in [-0.2, 0) is 29.0 Å². The van der Waals surface area contributed by atoms with Crippen molar-refractivity contribution in [3.05, 3.63) is 26.6 Å². The fourth-order valence-electron chi connectivity index (χ4n) is 2.70. The van der Waals surface area contributed by atoms with Crippen LogP contribution in [0.3, 0.4) is 0 Å². The minimum atomic E-state index is -1.04. The van der Waals surface area contributed by atoms with Gasteiger partial charge < -0.3 is 14.8 Å². The maximum absolute atomic E-state index is 12.3. The van der Waals surface area contributed by atoms with E-state index in [9.17, 15) is 9.59 Å². The van der Waals surface area contributed by atoms with Gasteiger partial charge in [0, 0.05) is 4.88 Å². The second-order valence-electron chi connectivity index (χ2n) is 5.43. The Kier molecular flexibility index (Phi) is 3.77. The van der Waals surface area contributed by atoms with Crippen LogP contribution in [0.1, 0.15) is 29.6 Å². The average Bonchev–Trinajstić information content (AvgIpc) is 2.75. The first-order valence-electron chi connectivity index (χ1n) is 6.87. The average molecular weight is 308 g/mol. The molecule has 1 unspecified atom stereocenters. The minimum absolute atomic E-state index is 0.00352. The Labute approximate surface area is 124 Å². The van der Waals surface area contributed by atoms with Gasteiger partial charge >= 0.3 is 5.97 Å². The van der Waals surface area contributed by atoms with Crippen LogP contribution in [0.2, 0.25) is 0 Å². The molecule has 7 heteroatoms. The Balaban J connectivity index is 1.93. The second kappa shape index (κ2) is 5.57. The maximum atomic E-state index is 12.3. The number of carbonyl (C=O) groups is 1. The van der Waals surface area contributed by atoms with E-state index >= 15 is 0 Å². The number of nitrogens with one attached hydrogen (secondary N) is 1. The van der Waals surface area contributed by atoms with Crippen LogP contribution in [0.15, 0.2) is 4.79 Å². The minimum Gasteiger partial charge on any atom is -0.480 e. The smallest absolute Gasteiger partial charge is 0.329 e. The molecule has 0 spiro atoms. The summed E-state index contributed by atoms with van der Waals surface area (Å²) < 4.78 is 4.98. The second-order valence-corrected chi connectivity index (χ2v) is 6.51. The van der Waals surface area contributed by atoms with Crippen molar-refractivity contribution in [2.45, 2.75) is 32.8 Å².